The van der Waals surface area contributed by atoms with Crippen molar-refractivity contribution in [2.24, 2.45) is 0 Å². The van der Waals surface area contributed by atoms with Crippen LogP contribution >= 0.6 is 0 Å². The number of aryl methyl sites for hydroxylation is 2. The molecular formula is C32H36N2O4. The largest absolute Gasteiger partial charge is 0.507 e. The molecule has 3 aromatic carbocycles. The summed E-state index contributed by atoms with van der Waals surface area (Å²) < 4.78 is 5.72. The van der Waals surface area contributed by atoms with Crippen LogP contribution in [-0.2, 0) is 9.59 Å². The molecule has 0 bridgehead atoms. The zero-order valence-electron chi connectivity index (χ0n) is 23.0. The second-order valence-electron chi connectivity index (χ2n) is 9.91. The number of carbonyl (C=O) groups is 2. The van der Waals surface area contributed by atoms with Crippen LogP contribution in [-0.4, -0.2) is 36.0 Å². The molecule has 0 radical (unpaired) electrons. The molecule has 3 aromatic rings. The van der Waals surface area contributed by atoms with E-state index in [0.717, 1.165) is 35.5 Å². The number of nitrogens with zero attached hydrogens (tertiary/aromatic N) is 2. The van der Waals surface area contributed by atoms with Crippen molar-refractivity contribution in [2.45, 2.75) is 53.7 Å². The molecule has 198 valence electrons. The molecule has 0 aromatic heterocycles. The van der Waals surface area contributed by atoms with E-state index in [4.69, 9.17) is 4.74 Å². The summed E-state index contributed by atoms with van der Waals surface area (Å²) in [6, 6.07) is 19.8. The third kappa shape index (κ3) is 5.17. The SMILES string of the molecule is CCN(CC)c1ccc(C2/C(=C(\O)c3ccc(OC(C)C)cc3)C(=O)C(=O)N2c2ccc(C)cc2C)cc1. The monoisotopic (exact) mass is 512 g/mol. The lowest BCUT2D eigenvalue weighted by atomic mass is 9.94. The number of carbonyl (C=O) groups excluding carboxylic acids is 2. The summed E-state index contributed by atoms with van der Waals surface area (Å²) in [7, 11) is 0. The van der Waals surface area contributed by atoms with Crippen LogP contribution in [0.1, 0.15) is 56.0 Å². The maximum absolute atomic E-state index is 13.5. The number of Topliss-reactive ketones (excluding diaryl/α,β-unsaturated/α-hetero) is 1. The topological polar surface area (TPSA) is 70.1 Å². The van der Waals surface area contributed by atoms with Gasteiger partial charge < -0.3 is 14.7 Å². The van der Waals surface area contributed by atoms with Gasteiger partial charge >= 0.3 is 0 Å². The van der Waals surface area contributed by atoms with Crippen LogP contribution in [0.3, 0.4) is 0 Å². The van der Waals surface area contributed by atoms with Gasteiger partial charge in [0.05, 0.1) is 17.7 Å². The fourth-order valence-electron chi connectivity index (χ4n) is 5.05. The number of benzene rings is 3. The summed E-state index contributed by atoms with van der Waals surface area (Å²) in [5, 5.41) is 11.4. The minimum Gasteiger partial charge on any atom is -0.507 e. The van der Waals surface area contributed by atoms with Gasteiger partial charge in [-0.2, -0.15) is 0 Å². The Morgan fingerprint density at radius 1 is 0.947 bits per heavy atom. The number of ether oxygens (including phenoxy) is 1. The first-order chi connectivity index (χ1) is 18.2. The highest BCUT2D eigenvalue weighted by Crippen LogP contribution is 2.43. The summed E-state index contributed by atoms with van der Waals surface area (Å²) in [4.78, 5) is 30.8. The standard InChI is InChI=1S/C32H36N2O4/c1-7-33(8-2)25-14-10-23(11-15-25)29-28(30(35)24-12-16-26(17-13-24)38-20(3)4)31(36)32(37)34(29)27-18-9-21(5)19-22(27)6/h9-20,29,35H,7-8H2,1-6H3/b30-28+. The zero-order valence-corrected chi connectivity index (χ0v) is 23.0. The lowest BCUT2D eigenvalue weighted by Crippen LogP contribution is -2.30. The molecule has 0 spiro atoms. The number of ketones is 1. The smallest absolute Gasteiger partial charge is 0.300 e. The number of anilines is 2. The van der Waals surface area contributed by atoms with Gasteiger partial charge in [0.1, 0.15) is 11.5 Å². The summed E-state index contributed by atoms with van der Waals surface area (Å²) in [6.07, 6.45) is 0.0110. The van der Waals surface area contributed by atoms with Crippen LogP contribution < -0.4 is 14.5 Å². The third-order valence-corrected chi connectivity index (χ3v) is 6.89. The van der Waals surface area contributed by atoms with E-state index in [1.807, 2.05) is 70.2 Å². The second kappa shape index (κ2) is 11.1. The van der Waals surface area contributed by atoms with E-state index >= 15 is 0 Å². The van der Waals surface area contributed by atoms with Gasteiger partial charge in [-0.15, -0.1) is 0 Å². The molecule has 1 amide bonds. The Morgan fingerprint density at radius 2 is 1.58 bits per heavy atom. The van der Waals surface area contributed by atoms with E-state index in [1.165, 1.54) is 4.90 Å². The molecule has 1 N–H and O–H groups in total. The van der Waals surface area contributed by atoms with E-state index in [2.05, 4.69) is 18.7 Å². The molecule has 0 saturated carbocycles. The van der Waals surface area contributed by atoms with Gasteiger partial charge in [-0.25, -0.2) is 0 Å². The summed E-state index contributed by atoms with van der Waals surface area (Å²) in [5.74, 6) is -0.903. The molecule has 6 nitrogen and oxygen atoms in total. The highest BCUT2D eigenvalue weighted by atomic mass is 16.5. The van der Waals surface area contributed by atoms with E-state index < -0.39 is 17.7 Å². The predicted octanol–water partition coefficient (Wildman–Crippen LogP) is 6.56. The Morgan fingerprint density at radius 3 is 2.13 bits per heavy atom. The van der Waals surface area contributed by atoms with Crippen molar-refractivity contribution in [1.82, 2.24) is 0 Å². The molecule has 1 atom stereocenters. The Bertz CT molecular complexity index is 1350. The number of aliphatic hydroxyl groups is 1. The number of hydrogen-bond donors (Lipinski definition) is 1. The zero-order chi connectivity index (χ0) is 27.6. The molecule has 38 heavy (non-hydrogen) atoms. The molecule has 1 fully saturated rings. The van der Waals surface area contributed by atoms with Crippen LogP contribution in [0.25, 0.3) is 5.76 Å². The molecule has 1 unspecified atom stereocenters. The maximum atomic E-state index is 13.5. The molecule has 0 aliphatic carbocycles. The van der Waals surface area contributed by atoms with Crippen molar-refractivity contribution < 1.29 is 19.4 Å². The van der Waals surface area contributed by atoms with Gasteiger partial charge in [0.2, 0.25) is 0 Å². The number of hydrogen-bond acceptors (Lipinski definition) is 5. The van der Waals surface area contributed by atoms with Crippen LogP contribution in [0.15, 0.2) is 72.3 Å². The van der Waals surface area contributed by atoms with Crippen molar-refractivity contribution in [1.29, 1.82) is 0 Å². The fourth-order valence-corrected chi connectivity index (χ4v) is 5.05. The van der Waals surface area contributed by atoms with Gasteiger partial charge in [-0.3, -0.25) is 14.5 Å². The first-order valence-electron chi connectivity index (χ1n) is 13.2. The first-order valence-corrected chi connectivity index (χ1v) is 13.2. The summed E-state index contributed by atoms with van der Waals surface area (Å²) in [6.45, 7) is 13.7. The molecule has 1 aliphatic rings. The quantitative estimate of drug-likeness (QED) is 0.210. The van der Waals surface area contributed by atoms with E-state index in [1.54, 1.807) is 24.3 Å². The normalized spacial score (nSPS) is 16.8. The number of rotatable bonds is 8. The predicted molar refractivity (Wildman–Crippen MR) is 153 cm³/mol. The first kappa shape index (κ1) is 27.0. The van der Waals surface area contributed by atoms with Gasteiger partial charge in [0.15, 0.2) is 0 Å². The maximum Gasteiger partial charge on any atom is 0.300 e. The molecule has 4 rings (SSSR count). The highest BCUT2D eigenvalue weighted by Gasteiger charge is 2.47. The number of amides is 1. The van der Waals surface area contributed by atoms with E-state index in [0.29, 0.717) is 17.0 Å². The van der Waals surface area contributed by atoms with Crippen molar-refractivity contribution in [3.63, 3.8) is 0 Å². The van der Waals surface area contributed by atoms with Crippen LogP contribution in [0.5, 0.6) is 5.75 Å². The van der Waals surface area contributed by atoms with Crippen molar-refractivity contribution in [3.8, 4) is 5.75 Å². The number of aliphatic hydroxyl groups excluding tert-OH is 1. The molecule has 1 saturated heterocycles. The molecule has 1 heterocycles. The van der Waals surface area contributed by atoms with Crippen molar-refractivity contribution in [2.75, 3.05) is 22.9 Å². The van der Waals surface area contributed by atoms with Gasteiger partial charge in [-0.05, 0) is 95.1 Å². The lowest BCUT2D eigenvalue weighted by Gasteiger charge is -2.28. The Kier molecular flexibility index (Phi) is 7.91. The Hall–Kier alpha value is -4.06. The van der Waals surface area contributed by atoms with Crippen LogP contribution in [0.2, 0.25) is 0 Å². The minimum atomic E-state index is -0.770. The van der Waals surface area contributed by atoms with Gasteiger partial charge in [-0.1, -0.05) is 29.8 Å². The minimum absolute atomic E-state index is 0.0110. The van der Waals surface area contributed by atoms with Gasteiger partial charge in [0, 0.05) is 30.0 Å². The van der Waals surface area contributed by atoms with E-state index in [-0.39, 0.29) is 17.4 Å². The molecule has 1 aliphatic heterocycles. The highest BCUT2D eigenvalue weighted by molar-refractivity contribution is 6.51. The summed E-state index contributed by atoms with van der Waals surface area (Å²) >= 11 is 0. The van der Waals surface area contributed by atoms with Crippen molar-refractivity contribution in [3.05, 3.63) is 94.6 Å². The lowest BCUT2D eigenvalue weighted by molar-refractivity contribution is -0.132. The Labute approximate surface area is 225 Å². The average molecular weight is 513 g/mol. The molecule has 6 heteroatoms. The summed E-state index contributed by atoms with van der Waals surface area (Å²) in [5.41, 5.74) is 4.92. The fraction of sp³-hybridized carbons (Fsp3) is 0.312. The molecular weight excluding hydrogens is 476 g/mol. The van der Waals surface area contributed by atoms with Crippen molar-refractivity contribution >= 4 is 28.8 Å². The van der Waals surface area contributed by atoms with Crippen LogP contribution in [0, 0.1) is 13.8 Å². The van der Waals surface area contributed by atoms with Crippen LogP contribution in [0.4, 0.5) is 11.4 Å². The Balaban J connectivity index is 1.87. The van der Waals surface area contributed by atoms with Gasteiger partial charge in [0.25, 0.3) is 11.7 Å². The second-order valence-corrected chi connectivity index (χ2v) is 9.91. The third-order valence-electron chi connectivity index (χ3n) is 6.89. The van der Waals surface area contributed by atoms with E-state index in [9.17, 15) is 14.7 Å². The average Bonchev–Trinajstić information content (AvgIpc) is 3.15.